The zero-order valence-corrected chi connectivity index (χ0v) is 11.8. The van der Waals surface area contributed by atoms with Crippen LogP contribution >= 0.6 is 0 Å². The fraction of sp³-hybridized carbons (Fsp3) is 0.909. The second kappa shape index (κ2) is 4.09. The van der Waals surface area contributed by atoms with E-state index in [1.54, 1.807) is 4.90 Å². The largest absolute Gasteiger partial charge is 0.444 e. The van der Waals surface area contributed by atoms with Crippen LogP contribution in [-0.4, -0.2) is 49.4 Å². The molecule has 1 N–H and O–H groups in total. The molecular formula is C11H20N2O4S. The quantitative estimate of drug-likeness (QED) is 0.706. The molecule has 0 aromatic heterocycles. The minimum absolute atomic E-state index is 0.182. The van der Waals surface area contributed by atoms with E-state index in [4.69, 9.17) is 4.74 Å². The lowest BCUT2D eigenvalue weighted by Gasteiger charge is -2.51. The number of hydrogen-bond donors (Lipinski definition) is 1. The lowest BCUT2D eigenvalue weighted by Crippen LogP contribution is -2.73. The number of nitrogens with zero attached hydrogens (tertiary/aromatic N) is 1. The number of ether oxygens (including phenoxy) is 1. The van der Waals surface area contributed by atoms with Gasteiger partial charge in [0.15, 0.2) is 0 Å². The van der Waals surface area contributed by atoms with Crippen LogP contribution in [0, 0.1) is 0 Å². The number of hydrogen-bond acceptors (Lipinski definition) is 4. The van der Waals surface area contributed by atoms with Crippen LogP contribution in [0.3, 0.4) is 0 Å². The summed E-state index contributed by atoms with van der Waals surface area (Å²) < 4.78 is 31.0. The first-order chi connectivity index (χ1) is 8.11. The SMILES string of the molecule is CC(C)(C)OC(=O)N1CC2(CCCS(=O)(=O)N2)C1. The molecule has 18 heavy (non-hydrogen) atoms. The molecule has 104 valence electrons. The van der Waals surface area contributed by atoms with Gasteiger partial charge in [0, 0.05) is 13.1 Å². The molecule has 2 fully saturated rings. The van der Waals surface area contributed by atoms with Gasteiger partial charge in [-0.15, -0.1) is 0 Å². The number of nitrogens with one attached hydrogen (secondary N) is 1. The molecule has 2 heterocycles. The van der Waals surface area contributed by atoms with E-state index < -0.39 is 21.2 Å². The van der Waals surface area contributed by atoms with E-state index in [2.05, 4.69) is 4.72 Å². The number of rotatable bonds is 0. The monoisotopic (exact) mass is 276 g/mol. The van der Waals surface area contributed by atoms with Crippen LogP contribution in [0.25, 0.3) is 0 Å². The highest BCUT2D eigenvalue weighted by Crippen LogP contribution is 2.31. The van der Waals surface area contributed by atoms with Crippen molar-refractivity contribution < 1.29 is 17.9 Å². The average molecular weight is 276 g/mol. The highest BCUT2D eigenvalue weighted by atomic mass is 32.2. The lowest BCUT2D eigenvalue weighted by atomic mass is 9.86. The van der Waals surface area contributed by atoms with E-state index in [-0.39, 0.29) is 11.8 Å². The molecule has 2 rings (SSSR count). The molecule has 0 radical (unpaired) electrons. The van der Waals surface area contributed by atoms with Crippen molar-refractivity contribution in [2.24, 2.45) is 0 Å². The first-order valence-electron chi connectivity index (χ1n) is 6.11. The highest BCUT2D eigenvalue weighted by Gasteiger charge is 2.50. The highest BCUT2D eigenvalue weighted by molar-refractivity contribution is 7.89. The zero-order valence-electron chi connectivity index (χ0n) is 11.0. The number of carbonyl (C=O) groups is 1. The molecule has 1 spiro atoms. The third kappa shape index (κ3) is 2.95. The minimum atomic E-state index is -3.16. The van der Waals surface area contributed by atoms with Crippen molar-refractivity contribution in [2.45, 2.75) is 44.8 Å². The summed E-state index contributed by atoms with van der Waals surface area (Å²) in [5.74, 6) is 0.182. The number of sulfonamides is 1. The number of amides is 1. The van der Waals surface area contributed by atoms with E-state index in [1.807, 2.05) is 20.8 Å². The molecule has 0 atom stereocenters. The maximum Gasteiger partial charge on any atom is 0.410 e. The fourth-order valence-corrected chi connectivity index (χ4v) is 3.91. The number of carbonyl (C=O) groups excluding carboxylic acids is 1. The van der Waals surface area contributed by atoms with Crippen LogP contribution < -0.4 is 4.72 Å². The Hall–Kier alpha value is -0.820. The first kappa shape index (κ1) is 13.6. The molecule has 7 heteroatoms. The van der Waals surface area contributed by atoms with Gasteiger partial charge >= 0.3 is 6.09 Å². The predicted octanol–water partition coefficient (Wildman–Crippen LogP) is 0.689. The van der Waals surface area contributed by atoms with Gasteiger partial charge in [-0.25, -0.2) is 17.9 Å². The summed E-state index contributed by atoms with van der Waals surface area (Å²) in [6.45, 7) is 6.24. The third-order valence-electron chi connectivity index (χ3n) is 3.08. The molecule has 0 aromatic rings. The summed E-state index contributed by atoms with van der Waals surface area (Å²) in [6, 6.07) is 0. The van der Waals surface area contributed by atoms with E-state index >= 15 is 0 Å². The summed E-state index contributed by atoms with van der Waals surface area (Å²) in [4.78, 5) is 13.3. The van der Waals surface area contributed by atoms with Gasteiger partial charge in [-0.3, -0.25) is 0 Å². The fourth-order valence-electron chi connectivity index (χ4n) is 2.40. The van der Waals surface area contributed by atoms with Crippen LogP contribution in [0.5, 0.6) is 0 Å². The number of likely N-dealkylation sites (tertiary alicyclic amines) is 1. The second-order valence-corrected chi connectivity index (χ2v) is 7.98. The molecule has 0 aromatic carbocycles. The molecule has 2 saturated heterocycles. The molecule has 0 saturated carbocycles. The Labute approximate surface area is 108 Å². The Kier molecular flexibility index (Phi) is 3.09. The van der Waals surface area contributed by atoms with Crippen molar-refractivity contribution in [2.75, 3.05) is 18.8 Å². The van der Waals surface area contributed by atoms with Gasteiger partial charge in [0.1, 0.15) is 5.60 Å². The van der Waals surface area contributed by atoms with Crippen LogP contribution in [0.1, 0.15) is 33.6 Å². The molecule has 1 amide bonds. The van der Waals surface area contributed by atoms with Gasteiger partial charge in [-0.2, -0.15) is 0 Å². The Bertz CT molecular complexity index is 446. The topological polar surface area (TPSA) is 75.7 Å². The van der Waals surface area contributed by atoms with Gasteiger partial charge in [0.05, 0.1) is 11.3 Å². The Morgan fingerprint density at radius 1 is 1.33 bits per heavy atom. The Morgan fingerprint density at radius 2 is 1.94 bits per heavy atom. The minimum Gasteiger partial charge on any atom is -0.444 e. The van der Waals surface area contributed by atoms with Crippen molar-refractivity contribution in [1.82, 2.24) is 9.62 Å². The Morgan fingerprint density at radius 3 is 2.44 bits per heavy atom. The normalized spacial score (nSPS) is 25.6. The van der Waals surface area contributed by atoms with Crippen molar-refractivity contribution in [3.63, 3.8) is 0 Å². The molecule has 6 nitrogen and oxygen atoms in total. The van der Waals surface area contributed by atoms with Crippen LogP contribution in [0.2, 0.25) is 0 Å². The molecule has 0 bridgehead atoms. The summed E-state index contributed by atoms with van der Waals surface area (Å²) >= 11 is 0. The van der Waals surface area contributed by atoms with E-state index in [0.717, 1.165) is 6.42 Å². The van der Waals surface area contributed by atoms with E-state index in [9.17, 15) is 13.2 Å². The maximum atomic E-state index is 11.8. The Balaban J connectivity index is 1.92. The zero-order chi connectivity index (χ0) is 13.6. The smallest absolute Gasteiger partial charge is 0.410 e. The molecular weight excluding hydrogens is 256 g/mol. The van der Waals surface area contributed by atoms with Crippen LogP contribution in [0.15, 0.2) is 0 Å². The molecule has 0 aliphatic carbocycles. The molecule has 2 aliphatic heterocycles. The molecule has 0 unspecified atom stereocenters. The van der Waals surface area contributed by atoms with Crippen molar-refractivity contribution in [3.8, 4) is 0 Å². The van der Waals surface area contributed by atoms with E-state index in [0.29, 0.717) is 19.5 Å². The van der Waals surface area contributed by atoms with Gasteiger partial charge < -0.3 is 9.64 Å². The van der Waals surface area contributed by atoms with Crippen molar-refractivity contribution in [1.29, 1.82) is 0 Å². The van der Waals surface area contributed by atoms with Crippen LogP contribution in [-0.2, 0) is 14.8 Å². The standard InChI is InChI=1S/C11H20N2O4S/c1-10(2,3)17-9(14)13-7-11(8-13)5-4-6-18(15,16)12-11/h12H,4-8H2,1-3H3. The first-order valence-corrected chi connectivity index (χ1v) is 7.76. The predicted molar refractivity (Wildman–Crippen MR) is 66.7 cm³/mol. The lowest BCUT2D eigenvalue weighted by molar-refractivity contribution is -0.0143. The van der Waals surface area contributed by atoms with Crippen LogP contribution in [0.4, 0.5) is 4.79 Å². The molecule has 2 aliphatic rings. The third-order valence-corrected chi connectivity index (χ3v) is 4.65. The van der Waals surface area contributed by atoms with E-state index in [1.165, 1.54) is 0 Å². The van der Waals surface area contributed by atoms with Gasteiger partial charge in [-0.1, -0.05) is 0 Å². The van der Waals surface area contributed by atoms with Gasteiger partial charge in [-0.05, 0) is 33.6 Å². The van der Waals surface area contributed by atoms with Gasteiger partial charge in [0.25, 0.3) is 0 Å². The van der Waals surface area contributed by atoms with Gasteiger partial charge in [0.2, 0.25) is 10.0 Å². The van der Waals surface area contributed by atoms with Crippen molar-refractivity contribution >= 4 is 16.1 Å². The maximum absolute atomic E-state index is 11.8. The summed E-state index contributed by atoms with van der Waals surface area (Å²) in [6.07, 6.45) is 1.06. The van der Waals surface area contributed by atoms with Crippen molar-refractivity contribution in [3.05, 3.63) is 0 Å². The summed E-state index contributed by atoms with van der Waals surface area (Å²) in [7, 11) is -3.16. The average Bonchev–Trinajstić information content (AvgIpc) is 2.09. The second-order valence-electron chi connectivity index (χ2n) is 6.14. The summed E-state index contributed by atoms with van der Waals surface area (Å²) in [5.41, 5.74) is -0.972. The summed E-state index contributed by atoms with van der Waals surface area (Å²) in [5, 5.41) is 0.